The summed E-state index contributed by atoms with van der Waals surface area (Å²) in [5.74, 6) is 1.74. The maximum Gasteiger partial charge on any atom is 0.148 e. The van der Waals surface area contributed by atoms with Gasteiger partial charge in [0.1, 0.15) is 10.8 Å². The Kier molecular flexibility index (Phi) is 5.27. The Bertz CT molecular complexity index is 841. The second-order valence-electron chi connectivity index (χ2n) is 7.76. The number of aliphatic hydroxyl groups excluding tert-OH is 1. The predicted molar refractivity (Wildman–Crippen MR) is 110 cm³/mol. The van der Waals surface area contributed by atoms with Crippen molar-refractivity contribution in [1.82, 2.24) is 15.2 Å². The van der Waals surface area contributed by atoms with Gasteiger partial charge in [-0.2, -0.15) is 5.10 Å². The Hall–Kier alpha value is -1.44. The summed E-state index contributed by atoms with van der Waals surface area (Å²) in [6.07, 6.45) is 2.85. The molecule has 3 heterocycles. The third-order valence-corrected chi connectivity index (χ3v) is 7.12. The second-order valence-corrected chi connectivity index (χ2v) is 9.35. The van der Waals surface area contributed by atoms with Crippen LogP contribution in [0, 0.1) is 12.8 Å². The number of H-pyrrole nitrogens is 1. The Balaban J connectivity index is 1.49. The van der Waals surface area contributed by atoms with Gasteiger partial charge in [0.05, 0.1) is 34.3 Å². The molecule has 1 saturated carbocycles. The van der Waals surface area contributed by atoms with Crippen LogP contribution in [-0.2, 0) is 0 Å². The molecule has 8 heteroatoms. The number of thiazole rings is 1. The number of aliphatic hydroxyl groups is 1. The largest absolute Gasteiger partial charge is 0.388 e. The summed E-state index contributed by atoms with van der Waals surface area (Å²) >= 11 is 8.19. The molecule has 1 aliphatic heterocycles. The lowest BCUT2D eigenvalue weighted by Gasteiger charge is -2.22. The van der Waals surface area contributed by atoms with Gasteiger partial charge in [0.15, 0.2) is 0 Å². The zero-order valence-corrected chi connectivity index (χ0v) is 17.4. The third-order valence-electron chi connectivity index (χ3n) is 5.33. The number of anilines is 1. The van der Waals surface area contributed by atoms with E-state index >= 15 is 0 Å². The number of rotatable bonds is 5. The van der Waals surface area contributed by atoms with Crippen molar-refractivity contribution in [2.45, 2.75) is 63.5 Å². The monoisotopic (exact) mass is 407 g/mol. The van der Waals surface area contributed by atoms with Gasteiger partial charge in [-0.3, -0.25) is 10.1 Å². The van der Waals surface area contributed by atoms with Crippen LogP contribution in [0.25, 0.3) is 0 Å². The number of aryl methyl sites for hydroxylation is 1. The van der Waals surface area contributed by atoms with Crippen LogP contribution in [0.15, 0.2) is 11.1 Å². The second kappa shape index (κ2) is 7.53. The van der Waals surface area contributed by atoms with Gasteiger partial charge in [0, 0.05) is 29.6 Å². The summed E-state index contributed by atoms with van der Waals surface area (Å²) in [5.41, 5.74) is 3.09. The Morgan fingerprint density at radius 3 is 2.85 bits per heavy atom. The number of hydrogen-bond donors (Lipinski definition) is 3. The van der Waals surface area contributed by atoms with Gasteiger partial charge in [-0.1, -0.05) is 6.92 Å². The number of aromatic amines is 1. The quantitative estimate of drug-likeness (QED) is 0.653. The average Bonchev–Trinajstić information content (AvgIpc) is 3.27. The predicted octanol–water partition coefficient (Wildman–Crippen LogP) is 4.02. The standard InChI is InChI=1S/C19H26ClN5OS/c1-9-6-15(23-16-7-14(24-25-16)12-4-5-12)13(20)8-21-17(9)19-22-10(2)18(27-19)11(3)26/h7,9,11-13,15,26H,4-6,8H2,1-3H3,(H2,23,24,25). The summed E-state index contributed by atoms with van der Waals surface area (Å²) in [4.78, 5) is 10.4. The van der Waals surface area contributed by atoms with Gasteiger partial charge >= 0.3 is 0 Å². The van der Waals surface area contributed by atoms with E-state index in [9.17, 15) is 5.11 Å². The molecular formula is C19H26ClN5OS. The molecule has 1 aliphatic carbocycles. The van der Waals surface area contributed by atoms with E-state index in [0.717, 1.165) is 33.5 Å². The maximum atomic E-state index is 9.92. The number of aliphatic imine (C=N–C) groups is 1. The minimum Gasteiger partial charge on any atom is -0.388 e. The van der Waals surface area contributed by atoms with Gasteiger partial charge in [0.2, 0.25) is 0 Å². The molecule has 6 nitrogen and oxygen atoms in total. The Morgan fingerprint density at radius 2 is 2.19 bits per heavy atom. The van der Waals surface area contributed by atoms with Crippen LogP contribution < -0.4 is 5.32 Å². The summed E-state index contributed by atoms with van der Waals surface area (Å²) < 4.78 is 0. The van der Waals surface area contributed by atoms with E-state index in [1.165, 1.54) is 29.9 Å². The van der Waals surface area contributed by atoms with E-state index in [-0.39, 0.29) is 17.3 Å². The van der Waals surface area contributed by atoms with Crippen LogP contribution in [-0.4, -0.2) is 44.0 Å². The van der Waals surface area contributed by atoms with Crippen molar-refractivity contribution < 1.29 is 5.11 Å². The van der Waals surface area contributed by atoms with Crippen LogP contribution in [0.1, 0.15) is 66.4 Å². The highest BCUT2D eigenvalue weighted by Gasteiger charge is 2.31. The fourth-order valence-corrected chi connectivity index (χ4v) is 5.01. The molecule has 4 unspecified atom stereocenters. The number of alkyl halides is 1. The first-order valence-corrected chi connectivity index (χ1v) is 10.8. The number of halogens is 1. The molecule has 0 bridgehead atoms. The lowest BCUT2D eigenvalue weighted by atomic mass is 9.96. The molecule has 146 valence electrons. The number of hydrogen-bond acceptors (Lipinski definition) is 6. The lowest BCUT2D eigenvalue weighted by Crippen LogP contribution is -2.32. The molecule has 3 N–H and O–H groups in total. The fraction of sp³-hybridized carbons (Fsp3) is 0.632. The van der Waals surface area contributed by atoms with Crippen molar-refractivity contribution in [3.63, 3.8) is 0 Å². The first kappa shape index (κ1) is 18.9. The van der Waals surface area contributed by atoms with Crippen molar-refractivity contribution in [3.05, 3.63) is 27.3 Å². The topological polar surface area (TPSA) is 86.2 Å². The van der Waals surface area contributed by atoms with Gasteiger partial charge in [-0.05, 0) is 33.1 Å². The highest BCUT2D eigenvalue weighted by Crippen LogP contribution is 2.39. The maximum absolute atomic E-state index is 9.92. The van der Waals surface area contributed by atoms with E-state index in [1.54, 1.807) is 6.92 Å². The van der Waals surface area contributed by atoms with Crippen molar-refractivity contribution in [1.29, 1.82) is 0 Å². The fourth-order valence-electron chi connectivity index (χ4n) is 3.65. The zero-order chi connectivity index (χ0) is 19.1. The van der Waals surface area contributed by atoms with Crippen LogP contribution >= 0.6 is 22.9 Å². The highest BCUT2D eigenvalue weighted by molar-refractivity contribution is 7.14. The number of nitrogens with zero attached hydrogens (tertiary/aromatic N) is 3. The molecule has 1 fully saturated rings. The van der Waals surface area contributed by atoms with Crippen LogP contribution in [0.2, 0.25) is 0 Å². The summed E-state index contributed by atoms with van der Waals surface area (Å²) in [6, 6.07) is 2.20. The molecule has 0 saturated heterocycles. The van der Waals surface area contributed by atoms with Gasteiger partial charge in [-0.15, -0.1) is 22.9 Å². The molecule has 27 heavy (non-hydrogen) atoms. The van der Waals surface area contributed by atoms with E-state index in [4.69, 9.17) is 16.6 Å². The molecule has 0 radical (unpaired) electrons. The smallest absolute Gasteiger partial charge is 0.148 e. The summed E-state index contributed by atoms with van der Waals surface area (Å²) in [5, 5.41) is 21.8. The van der Waals surface area contributed by atoms with Crippen LogP contribution in [0.5, 0.6) is 0 Å². The first-order chi connectivity index (χ1) is 12.9. The van der Waals surface area contributed by atoms with Gasteiger partial charge in [0.25, 0.3) is 0 Å². The van der Waals surface area contributed by atoms with E-state index in [1.807, 2.05) is 6.92 Å². The van der Waals surface area contributed by atoms with Crippen molar-refractivity contribution in [3.8, 4) is 0 Å². The molecule has 0 spiro atoms. The number of aromatic nitrogens is 3. The van der Waals surface area contributed by atoms with Crippen molar-refractivity contribution in [2.24, 2.45) is 10.9 Å². The van der Waals surface area contributed by atoms with Gasteiger partial charge < -0.3 is 10.4 Å². The van der Waals surface area contributed by atoms with Crippen LogP contribution in [0.3, 0.4) is 0 Å². The van der Waals surface area contributed by atoms with E-state index < -0.39 is 6.10 Å². The summed E-state index contributed by atoms with van der Waals surface area (Å²) in [6.45, 7) is 6.42. The van der Waals surface area contributed by atoms with Gasteiger partial charge in [-0.25, -0.2) is 4.98 Å². The normalized spacial score (nSPS) is 27.1. The third kappa shape index (κ3) is 4.05. The molecule has 2 aliphatic rings. The molecular weight excluding hydrogens is 382 g/mol. The first-order valence-electron chi connectivity index (χ1n) is 9.58. The Morgan fingerprint density at radius 1 is 1.41 bits per heavy atom. The van der Waals surface area contributed by atoms with Crippen molar-refractivity contribution >= 4 is 34.5 Å². The van der Waals surface area contributed by atoms with E-state index in [0.29, 0.717) is 12.5 Å². The minimum absolute atomic E-state index is 0.0931. The van der Waals surface area contributed by atoms with E-state index in [2.05, 4.69) is 33.5 Å². The average molecular weight is 408 g/mol. The Labute approximate surface area is 168 Å². The zero-order valence-electron chi connectivity index (χ0n) is 15.9. The highest BCUT2D eigenvalue weighted by atomic mass is 35.5. The SMILES string of the molecule is Cc1nc(C2=NCC(Cl)C(Nc3cc(C4CC4)[nH]n3)CC2C)sc1C(C)O. The lowest BCUT2D eigenvalue weighted by molar-refractivity contribution is 0.202. The summed E-state index contributed by atoms with van der Waals surface area (Å²) in [7, 11) is 0. The molecule has 2 aromatic rings. The van der Waals surface area contributed by atoms with Crippen molar-refractivity contribution in [2.75, 3.05) is 11.9 Å². The van der Waals surface area contributed by atoms with Crippen LogP contribution in [0.4, 0.5) is 5.82 Å². The molecule has 2 aromatic heterocycles. The number of nitrogens with one attached hydrogen (secondary N) is 2. The molecule has 0 aromatic carbocycles. The molecule has 4 rings (SSSR count). The minimum atomic E-state index is -0.506. The molecule has 0 amide bonds. The molecule has 4 atom stereocenters.